The van der Waals surface area contributed by atoms with Crippen molar-refractivity contribution in [1.29, 1.82) is 0 Å². The third kappa shape index (κ3) is 3.64. The number of rotatable bonds is 2. The van der Waals surface area contributed by atoms with Gasteiger partial charge < -0.3 is 10.6 Å². The summed E-state index contributed by atoms with van der Waals surface area (Å²) < 4.78 is 0. The highest BCUT2D eigenvalue weighted by Crippen LogP contribution is 2.07. The highest BCUT2D eigenvalue weighted by molar-refractivity contribution is 5.14. The van der Waals surface area contributed by atoms with Crippen LogP contribution in [0.2, 0.25) is 0 Å². The Morgan fingerprint density at radius 1 is 0.857 bits per heavy atom. The Hall–Kier alpha value is -0.600. The molecule has 0 aromatic rings. The van der Waals surface area contributed by atoms with Crippen molar-refractivity contribution in [1.82, 2.24) is 10.6 Å². The zero-order valence-electron chi connectivity index (χ0n) is 9.72. The largest absolute Gasteiger partial charge is 0.308 e. The van der Waals surface area contributed by atoms with Crippen LogP contribution in [-0.2, 0) is 0 Å². The molecule has 0 aromatic heterocycles. The van der Waals surface area contributed by atoms with E-state index in [1.165, 1.54) is 11.1 Å². The SMILES string of the molecule is CC(C)=C[C@H]1NCCN[C@@H]1C=C(C)C. The molecular formula is C12H22N2. The predicted octanol–water partition coefficient (Wildman–Crippen LogP) is 1.85. The lowest BCUT2D eigenvalue weighted by molar-refractivity contribution is 0.408. The molecule has 2 atom stereocenters. The summed E-state index contributed by atoms with van der Waals surface area (Å²) in [5, 5.41) is 7.04. The average molecular weight is 194 g/mol. The van der Waals surface area contributed by atoms with E-state index < -0.39 is 0 Å². The number of allylic oxidation sites excluding steroid dienone is 2. The Morgan fingerprint density at radius 2 is 1.21 bits per heavy atom. The van der Waals surface area contributed by atoms with Crippen LogP contribution in [0.1, 0.15) is 27.7 Å². The van der Waals surface area contributed by atoms with Gasteiger partial charge in [0.15, 0.2) is 0 Å². The summed E-state index contributed by atoms with van der Waals surface area (Å²) in [5.74, 6) is 0. The van der Waals surface area contributed by atoms with Crippen molar-refractivity contribution in [3.63, 3.8) is 0 Å². The molecule has 0 bridgehead atoms. The Bertz CT molecular complexity index is 207. The molecule has 1 saturated heterocycles. The molecule has 0 spiro atoms. The Labute approximate surface area is 87.5 Å². The van der Waals surface area contributed by atoms with E-state index in [9.17, 15) is 0 Å². The van der Waals surface area contributed by atoms with E-state index in [2.05, 4.69) is 50.5 Å². The third-order valence-corrected chi connectivity index (χ3v) is 2.30. The molecule has 0 radical (unpaired) electrons. The highest BCUT2D eigenvalue weighted by Gasteiger charge is 2.19. The van der Waals surface area contributed by atoms with Crippen molar-refractivity contribution in [3.8, 4) is 0 Å². The third-order valence-electron chi connectivity index (χ3n) is 2.30. The van der Waals surface area contributed by atoms with E-state index >= 15 is 0 Å². The summed E-state index contributed by atoms with van der Waals surface area (Å²) in [4.78, 5) is 0. The Balaban J connectivity index is 2.69. The monoisotopic (exact) mass is 194 g/mol. The molecule has 0 saturated carbocycles. The van der Waals surface area contributed by atoms with Gasteiger partial charge in [-0.1, -0.05) is 23.3 Å². The van der Waals surface area contributed by atoms with Crippen LogP contribution in [0.3, 0.4) is 0 Å². The van der Waals surface area contributed by atoms with Gasteiger partial charge in [-0.2, -0.15) is 0 Å². The molecular weight excluding hydrogens is 172 g/mol. The second-order valence-corrected chi connectivity index (χ2v) is 4.45. The highest BCUT2D eigenvalue weighted by atomic mass is 15.1. The molecule has 1 aliphatic heterocycles. The van der Waals surface area contributed by atoms with Crippen LogP contribution >= 0.6 is 0 Å². The van der Waals surface area contributed by atoms with Gasteiger partial charge in [0.05, 0.1) is 0 Å². The van der Waals surface area contributed by atoms with E-state index in [4.69, 9.17) is 0 Å². The lowest BCUT2D eigenvalue weighted by Gasteiger charge is -2.30. The zero-order valence-corrected chi connectivity index (χ0v) is 9.72. The first kappa shape index (κ1) is 11.5. The number of piperazine rings is 1. The predicted molar refractivity (Wildman–Crippen MR) is 62.4 cm³/mol. The summed E-state index contributed by atoms with van der Waals surface area (Å²) in [6.07, 6.45) is 4.60. The number of nitrogens with one attached hydrogen (secondary N) is 2. The average Bonchev–Trinajstić information content (AvgIpc) is 2.06. The fourth-order valence-electron chi connectivity index (χ4n) is 1.78. The van der Waals surface area contributed by atoms with E-state index in [1.807, 2.05) is 0 Å². The Kier molecular flexibility index (Phi) is 4.36. The molecule has 1 heterocycles. The number of hydrogen-bond donors (Lipinski definition) is 2. The second kappa shape index (κ2) is 5.32. The topological polar surface area (TPSA) is 24.1 Å². The van der Waals surface area contributed by atoms with E-state index in [-0.39, 0.29) is 0 Å². The van der Waals surface area contributed by atoms with E-state index in [1.54, 1.807) is 0 Å². The van der Waals surface area contributed by atoms with Crippen molar-refractivity contribution >= 4 is 0 Å². The molecule has 14 heavy (non-hydrogen) atoms. The van der Waals surface area contributed by atoms with Gasteiger partial charge in [-0.05, 0) is 27.7 Å². The summed E-state index contributed by atoms with van der Waals surface area (Å²) in [6.45, 7) is 10.7. The van der Waals surface area contributed by atoms with E-state index in [0.717, 1.165) is 13.1 Å². The maximum atomic E-state index is 3.52. The summed E-state index contributed by atoms with van der Waals surface area (Å²) >= 11 is 0. The lowest BCUT2D eigenvalue weighted by Crippen LogP contribution is -2.54. The molecule has 1 rings (SSSR count). The van der Waals surface area contributed by atoms with Crippen LogP contribution in [0.5, 0.6) is 0 Å². The zero-order chi connectivity index (χ0) is 10.6. The minimum atomic E-state index is 0.448. The van der Waals surface area contributed by atoms with Crippen LogP contribution in [0, 0.1) is 0 Å². The molecule has 2 heteroatoms. The normalized spacial score (nSPS) is 26.9. The molecule has 2 N–H and O–H groups in total. The number of hydrogen-bond acceptors (Lipinski definition) is 2. The molecule has 1 aliphatic rings. The van der Waals surface area contributed by atoms with Gasteiger partial charge >= 0.3 is 0 Å². The maximum absolute atomic E-state index is 3.52. The Morgan fingerprint density at radius 3 is 1.50 bits per heavy atom. The minimum absolute atomic E-state index is 0.448. The van der Waals surface area contributed by atoms with Crippen molar-refractivity contribution in [2.24, 2.45) is 0 Å². The quantitative estimate of drug-likeness (QED) is 0.656. The van der Waals surface area contributed by atoms with Gasteiger partial charge in [-0.25, -0.2) is 0 Å². The van der Waals surface area contributed by atoms with Gasteiger partial charge in [0.2, 0.25) is 0 Å². The minimum Gasteiger partial charge on any atom is -0.308 e. The first-order chi connectivity index (χ1) is 6.59. The van der Waals surface area contributed by atoms with E-state index in [0.29, 0.717) is 12.1 Å². The lowest BCUT2D eigenvalue weighted by atomic mass is 10.0. The molecule has 0 amide bonds. The van der Waals surface area contributed by atoms with Crippen molar-refractivity contribution in [3.05, 3.63) is 23.3 Å². The van der Waals surface area contributed by atoms with Crippen molar-refractivity contribution in [2.75, 3.05) is 13.1 Å². The fraction of sp³-hybridized carbons (Fsp3) is 0.667. The summed E-state index contributed by atoms with van der Waals surface area (Å²) in [7, 11) is 0. The van der Waals surface area contributed by atoms with Gasteiger partial charge in [0.1, 0.15) is 0 Å². The molecule has 80 valence electrons. The first-order valence-electron chi connectivity index (χ1n) is 5.36. The molecule has 0 aromatic carbocycles. The van der Waals surface area contributed by atoms with Crippen LogP contribution < -0.4 is 10.6 Å². The molecule has 1 fully saturated rings. The van der Waals surface area contributed by atoms with Gasteiger partial charge in [0.25, 0.3) is 0 Å². The van der Waals surface area contributed by atoms with Crippen LogP contribution in [0.15, 0.2) is 23.3 Å². The van der Waals surface area contributed by atoms with Crippen molar-refractivity contribution < 1.29 is 0 Å². The second-order valence-electron chi connectivity index (χ2n) is 4.45. The summed E-state index contributed by atoms with van der Waals surface area (Å²) in [6, 6.07) is 0.896. The smallest absolute Gasteiger partial charge is 0.0444 e. The molecule has 0 aliphatic carbocycles. The fourth-order valence-corrected chi connectivity index (χ4v) is 1.78. The van der Waals surface area contributed by atoms with Gasteiger partial charge in [-0.3, -0.25) is 0 Å². The standard InChI is InChI=1S/C12H22N2/c1-9(2)7-11-12(8-10(3)4)14-6-5-13-11/h7-8,11-14H,5-6H2,1-4H3/t11-,12-/m1/s1. The van der Waals surface area contributed by atoms with Gasteiger partial charge in [-0.15, -0.1) is 0 Å². The first-order valence-corrected chi connectivity index (χ1v) is 5.36. The van der Waals surface area contributed by atoms with Crippen LogP contribution in [0.4, 0.5) is 0 Å². The van der Waals surface area contributed by atoms with Gasteiger partial charge in [0, 0.05) is 25.2 Å². The van der Waals surface area contributed by atoms with Crippen molar-refractivity contribution in [2.45, 2.75) is 39.8 Å². The maximum Gasteiger partial charge on any atom is 0.0444 e. The van der Waals surface area contributed by atoms with Crippen LogP contribution in [-0.4, -0.2) is 25.2 Å². The summed E-state index contributed by atoms with van der Waals surface area (Å²) in [5.41, 5.74) is 2.75. The molecule has 0 unspecified atom stereocenters. The molecule has 2 nitrogen and oxygen atoms in total. The van der Waals surface area contributed by atoms with Crippen LogP contribution in [0.25, 0.3) is 0 Å².